The Morgan fingerprint density at radius 2 is 2.04 bits per heavy atom. The van der Waals surface area contributed by atoms with Crippen LogP contribution in [-0.4, -0.2) is 64.5 Å². The molecule has 0 aliphatic carbocycles. The first-order valence-electron chi connectivity index (χ1n) is 9.41. The zero-order valence-corrected chi connectivity index (χ0v) is 16.2. The summed E-state index contributed by atoms with van der Waals surface area (Å²) in [6, 6.07) is 2.10. The first-order valence-corrected chi connectivity index (χ1v) is 9.79. The lowest BCUT2D eigenvalue weighted by atomic mass is 9.94. The van der Waals surface area contributed by atoms with Crippen molar-refractivity contribution in [2.24, 2.45) is 5.92 Å². The van der Waals surface area contributed by atoms with Crippen molar-refractivity contribution in [2.75, 3.05) is 37.7 Å². The standard InChI is InChI=1S/C19H24ClN5O2/c1-14-13-27-9-8-24(14)19(26)15-3-6-23(7-4-15)18-11-21-5-2-17(18)25-12-16(20)10-22-25/h2,5,10-12,14-15H,3-4,6-9,13H2,1H3. The van der Waals surface area contributed by atoms with Gasteiger partial charge in [0.25, 0.3) is 0 Å². The molecule has 0 bridgehead atoms. The highest BCUT2D eigenvalue weighted by atomic mass is 35.5. The number of carbonyl (C=O) groups is 1. The summed E-state index contributed by atoms with van der Waals surface area (Å²) >= 11 is 6.02. The molecule has 2 aromatic heterocycles. The van der Waals surface area contributed by atoms with Gasteiger partial charge in [-0.25, -0.2) is 4.68 Å². The molecule has 1 amide bonds. The van der Waals surface area contributed by atoms with Crippen LogP contribution in [0.2, 0.25) is 5.02 Å². The van der Waals surface area contributed by atoms with Gasteiger partial charge in [-0.3, -0.25) is 9.78 Å². The number of morpholine rings is 1. The molecule has 4 rings (SSSR count). The lowest BCUT2D eigenvalue weighted by molar-refractivity contribution is -0.144. The summed E-state index contributed by atoms with van der Waals surface area (Å²) in [6.07, 6.45) is 8.71. The average Bonchev–Trinajstić information content (AvgIpc) is 3.14. The highest BCUT2D eigenvalue weighted by molar-refractivity contribution is 6.30. The molecule has 2 aromatic rings. The molecule has 0 aromatic carbocycles. The molecule has 2 aliphatic rings. The maximum atomic E-state index is 12.9. The zero-order valence-electron chi connectivity index (χ0n) is 15.4. The molecular weight excluding hydrogens is 366 g/mol. The third-order valence-corrected chi connectivity index (χ3v) is 5.61. The van der Waals surface area contributed by atoms with E-state index in [1.54, 1.807) is 23.3 Å². The fraction of sp³-hybridized carbons (Fsp3) is 0.526. The van der Waals surface area contributed by atoms with E-state index in [0.717, 1.165) is 37.3 Å². The van der Waals surface area contributed by atoms with Gasteiger partial charge in [0, 0.05) is 37.9 Å². The second-order valence-corrected chi connectivity index (χ2v) is 7.62. The second-order valence-electron chi connectivity index (χ2n) is 7.18. The predicted octanol–water partition coefficient (Wildman–Crippen LogP) is 2.38. The van der Waals surface area contributed by atoms with Gasteiger partial charge < -0.3 is 14.5 Å². The lowest BCUT2D eigenvalue weighted by Crippen LogP contribution is -2.51. The minimum atomic E-state index is 0.0843. The van der Waals surface area contributed by atoms with E-state index < -0.39 is 0 Å². The van der Waals surface area contributed by atoms with Gasteiger partial charge in [-0.05, 0) is 25.8 Å². The Morgan fingerprint density at radius 1 is 1.22 bits per heavy atom. The number of carbonyl (C=O) groups excluding carboxylic acids is 1. The van der Waals surface area contributed by atoms with E-state index in [4.69, 9.17) is 16.3 Å². The highest BCUT2D eigenvalue weighted by Gasteiger charge is 2.32. The molecule has 2 saturated heterocycles. The molecule has 7 nitrogen and oxygen atoms in total. The summed E-state index contributed by atoms with van der Waals surface area (Å²) in [4.78, 5) is 21.5. The van der Waals surface area contributed by atoms with Crippen molar-refractivity contribution in [1.82, 2.24) is 19.7 Å². The largest absolute Gasteiger partial charge is 0.377 e. The number of piperidine rings is 1. The summed E-state index contributed by atoms with van der Waals surface area (Å²) in [5.74, 6) is 0.358. The van der Waals surface area contributed by atoms with Crippen LogP contribution < -0.4 is 4.90 Å². The number of ether oxygens (including phenoxy) is 1. The Labute approximate surface area is 163 Å². The summed E-state index contributed by atoms with van der Waals surface area (Å²) in [5, 5.41) is 4.91. The van der Waals surface area contributed by atoms with Crippen LogP contribution in [0, 0.1) is 5.92 Å². The molecular formula is C19H24ClN5O2. The molecule has 27 heavy (non-hydrogen) atoms. The van der Waals surface area contributed by atoms with Gasteiger partial charge in [0.05, 0.1) is 48.0 Å². The molecule has 8 heteroatoms. The van der Waals surface area contributed by atoms with Gasteiger partial charge in [0.15, 0.2) is 0 Å². The highest BCUT2D eigenvalue weighted by Crippen LogP contribution is 2.29. The number of anilines is 1. The van der Waals surface area contributed by atoms with Crippen molar-refractivity contribution >= 4 is 23.2 Å². The van der Waals surface area contributed by atoms with Crippen LogP contribution >= 0.6 is 11.6 Å². The summed E-state index contributed by atoms with van der Waals surface area (Å²) in [6.45, 7) is 5.68. The minimum absolute atomic E-state index is 0.0843. The van der Waals surface area contributed by atoms with Gasteiger partial charge in [-0.2, -0.15) is 5.10 Å². The second kappa shape index (κ2) is 7.86. The van der Waals surface area contributed by atoms with Crippen molar-refractivity contribution in [3.05, 3.63) is 35.9 Å². The van der Waals surface area contributed by atoms with E-state index in [0.29, 0.717) is 24.8 Å². The summed E-state index contributed by atoms with van der Waals surface area (Å²) in [5.41, 5.74) is 1.96. The Bertz CT molecular complexity index is 803. The predicted molar refractivity (Wildman–Crippen MR) is 103 cm³/mol. The minimum Gasteiger partial charge on any atom is -0.377 e. The number of rotatable bonds is 3. The quantitative estimate of drug-likeness (QED) is 0.806. The van der Waals surface area contributed by atoms with Crippen molar-refractivity contribution in [1.29, 1.82) is 0 Å². The lowest BCUT2D eigenvalue weighted by Gasteiger charge is -2.39. The van der Waals surface area contributed by atoms with Crippen LogP contribution in [0.3, 0.4) is 0 Å². The molecule has 1 atom stereocenters. The molecule has 0 radical (unpaired) electrons. The van der Waals surface area contributed by atoms with E-state index in [1.807, 2.05) is 17.2 Å². The number of hydrogen-bond acceptors (Lipinski definition) is 5. The third kappa shape index (κ3) is 3.80. The smallest absolute Gasteiger partial charge is 0.226 e. The van der Waals surface area contributed by atoms with Crippen molar-refractivity contribution in [2.45, 2.75) is 25.8 Å². The third-order valence-electron chi connectivity index (χ3n) is 5.41. The Kier molecular flexibility index (Phi) is 5.31. The van der Waals surface area contributed by atoms with E-state index in [2.05, 4.69) is 21.9 Å². The van der Waals surface area contributed by atoms with Gasteiger partial charge in [-0.15, -0.1) is 0 Å². The number of hydrogen-bond donors (Lipinski definition) is 0. The maximum absolute atomic E-state index is 12.9. The van der Waals surface area contributed by atoms with Crippen LogP contribution in [0.4, 0.5) is 5.69 Å². The molecule has 2 fully saturated rings. The summed E-state index contributed by atoms with van der Waals surface area (Å²) < 4.78 is 7.22. The van der Waals surface area contributed by atoms with Crippen LogP contribution in [0.5, 0.6) is 0 Å². The van der Waals surface area contributed by atoms with Gasteiger partial charge >= 0.3 is 0 Å². The van der Waals surface area contributed by atoms with Crippen LogP contribution in [0.1, 0.15) is 19.8 Å². The van der Waals surface area contributed by atoms with Crippen LogP contribution in [0.25, 0.3) is 5.69 Å². The van der Waals surface area contributed by atoms with Gasteiger partial charge in [-0.1, -0.05) is 11.6 Å². The molecule has 0 saturated carbocycles. The number of amides is 1. The molecule has 144 valence electrons. The Hall–Kier alpha value is -2.12. The number of nitrogens with zero attached hydrogens (tertiary/aromatic N) is 5. The van der Waals surface area contributed by atoms with E-state index in [9.17, 15) is 4.79 Å². The average molecular weight is 390 g/mol. The Morgan fingerprint density at radius 3 is 2.74 bits per heavy atom. The number of pyridine rings is 1. The van der Waals surface area contributed by atoms with Gasteiger partial charge in [0.2, 0.25) is 5.91 Å². The SMILES string of the molecule is CC1COCCN1C(=O)C1CCN(c2cnccc2-n2cc(Cl)cn2)CC1. The Balaban J connectivity index is 1.45. The normalized spacial score (nSPS) is 21.5. The monoisotopic (exact) mass is 389 g/mol. The maximum Gasteiger partial charge on any atom is 0.226 e. The zero-order chi connectivity index (χ0) is 18.8. The van der Waals surface area contributed by atoms with E-state index >= 15 is 0 Å². The van der Waals surface area contributed by atoms with Crippen molar-refractivity contribution < 1.29 is 9.53 Å². The van der Waals surface area contributed by atoms with E-state index in [1.165, 1.54) is 0 Å². The van der Waals surface area contributed by atoms with Crippen molar-refractivity contribution in [3.8, 4) is 5.69 Å². The van der Waals surface area contributed by atoms with Crippen LogP contribution in [0.15, 0.2) is 30.9 Å². The fourth-order valence-electron chi connectivity index (χ4n) is 3.91. The molecule has 0 spiro atoms. The topological polar surface area (TPSA) is 63.5 Å². The van der Waals surface area contributed by atoms with Crippen molar-refractivity contribution in [3.63, 3.8) is 0 Å². The fourth-order valence-corrected chi connectivity index (χ4v) is 4.04. The van der Waals surface area contributed by atoms with E-state index in [-0.39, 0.29) is 17.9 Å². The van der Waals surface area contributed by atoms with Crippen LogP contribution in [-0.2, 0) is 9.53 Å². The number of halogens is 1. The molecule has 1 unspecified atom stereocenters. The molecule has 2 aliphatic heterocycles. The molecule has 0 N–H and O–H groups in total. The summed E-state index contributed by atoms with van der Waals surface area (Å²) in [7, 11) is 0. The van der Waals surface area contributed by atoms with Gasteiger partial charge in [0.1, 0.15) is 0 Å². The first-order chi connectivity index (χ1) is 13.1. The first kappa shape index (κ1) is 18.3. The molecule has 4 heterocycles. The number of aromatic nitrogens is 3.